The lowest BCUT2D eigenvalue weighted by Gasteiger charge is -2.38. The van der Waals surface area contributed by atoms with Crippen molar-refractivity contribution < 1.29 is 9.53 Å². The van der Waals surface area contributed by atoms with Crippen LogP contribution in [0.25, 0.3) is 0 Å². The predicted octanol–water partition coefficient (Wildman–Crippen LogP) is 1.11. The number of ether oxygens (including phenoxy) is 1. The number of aromatic nitrogens is 2. The predicted molar refractivity (Wildman–Crippen MR) is 67.7 cm³/mol. The molecule has 0 unspecified atom stereocenters. The average molecular weight is 333 g/mol. The Morgan fingerprint density at radius 2 is 2.25 bits per heavy atom. The second kappa shape index (κ2) is 4.52. The van der Waals surface area contributed by atoms with Crippen LogP contribution in [0, 0.1) is 9.62 Å². The topological polar surface area (TPSA) is 55.3 Å². The van der Waals surface area contributed by atoms with Crippen LogP contribution >= 0.6 is 22.6 Å². The molecule has 1 aliphatic heterocycles. The molecule has 2 heterocycles. The lowest BCUT2D eigenvalue weighted by atomic mass is 9.96. The Bertz CT molecular complexity index is 419. The quantitative estimate of drug-likeness (QED) is 0.613. The molecule has 0 amide bonds. The summed E-state index contributed by atoms with van der Waals surface area (Å²) >= 11 is 2.12. The third kappa shape index (κ3) is 2.26. The SMILES string of the molecule is COc1nc(I)cc(N2CC(C(C)=O)C2)n1. The van der Waals surface area contributed by atoms with Gasteiger partial charge in [-0.05, 0) is 29.5 Å². The number of hydrogen-bond donors (Lipinski definition) is 0. The van der Waals surface area contributed by atoms with Crippen LogP contribution in [0.15, 0.2) is 6.07 Å². The van der Waals surface area contributed by atoms with E-state index >= 15 is 0 Å². The third-order valence-electron chi connectivity index (χ3n) is 2.62. The zero-order valence-corrected chi connectivity index (χ0v) is 11.3. The summed E-state index contributed by atoms with van der Waals surface area (Å²) in [7, 11) is 1.55. The maximum atomic E-state index is 11.1. The molecule has 86 valence electrons. The Morgan fingerprint density at radius 3 is 2.81 bits per heavy atom. The second-order valence-electron chi connectivity index (χ2n) is 3.75. The minimum atomic E-state index is 0.152. The van der Waals surface area contributed by atoms with Crippen LogP contribution in [0.1, 0.15) is 6.92 Å². The molecule has 0 radical (unpaired) electrons. The Balaban J connectivity index is 2.11. The van der Waals surface area contributed by atoms with Gasteiger partial charge >= 0.3 is 6.01 Å². The van der Waals surface area contributed by atoms with Gasteiger partial charge in [0.1, 0.15) is 15.3 Å². The van der Waals surface area contributed by atoms with E-state index in [4.69, 9.17) is 4.74 Å². The molecule has 0 aliphatic carbocycles. The van der Waals surface area contributed by atoms with Crippen LogP contribution in [0.5, 0.6) is 6.01 Å². The van der Waals surface area contributed by atoms with Crippen LogP contribution in [0.4, 0.5) is 5.82 Å². The molecular weight excluding hydrogens is 321 g/mol. The fraction of sp³-hybridized carbons (Fsp3) is 0.500. The first-order valence-corrected chi connectivity index (χ1v) is 6.02. The molecule has 0 bridgehead atoms. The molecule has 0 saturated carbocycles. The minimum Gasteiger partial charge on any atom is -0.467 e. The van der Waals surface area contributed by atoms with Crippen LogP contribution in [0.2, 0.25) is 0 Å². The van der Waals surface area contributed by atoms with Crippen molar-refractivity contribution in [3.8, 4) is 6.01 Å². The first-order valence-electron chi connectivity index (χ1n) is 4.94. The molecule has 1 aromatic heterocycles. The number of nitrogens with zero attached hydrogens (tertiary/aromatic N) is 3. The van der Waals surface area contributed by atoms with Crippen molar-refractivity contribution in [2.24, 2.45) is 5.92 Å². The molecule has 1 saturated heterocycles. The van der Waals surface area contributed by atoms with Crippen LogP contribution in [0.3, 0.4) is 0 Å². The largest absolute Gasteiger partial charge is 0.467 e. The van der Waals surface area contributed by atoms with Crippen LogP contribution in [-0.2, 0) is 4.79 Å². The van der Waals surface area contributed by atoms with Gasteiger partial charge in [-0.2, -0.15) is 9.97 Å². The van der Waals surface area contributed by atoms with Gasteiger partial charge in [-0.3, -0.25) is 4.79 Å². The maximum Gasteiger partial charge on any atom is 0.319 e. The summed E-state index contributed by atoms with van der Waals surface area (Å²) in [6, 6.07) is 2.26. The number of carbonyl (C=O) groups is 1. The van der Waals surface area contributed by atoms with E-state index in [2.05, 4.69) is 37.5 Å². The van der Waals surface area contributed by atoms with Gasteiger partial charge in [0.05, 0.1) is 13.0 Å². The fourth-order valence-electron chi connectivity index (χ4n) is 1.56. The van der Waals surface area contributed by atoms with E-state index in [1.165, 1.54) is 0 Å². The van der Waals surface area contributed by atoms with Gasteiger partial charge in [-0.25, -0.2) is 0 Å². The summed E-state index contributed by atoms with van der Waals surface area (Å²) in [5.74, 6) is 1.22. The summed E-state index contributed by atoms with van der Waals surface area (Å²) in [6.07, 6.45) is 0. The van der Waals surface area contributed by atoms with Gasteiger partial charge < -0.3 is 9.64 Å². The van der Waals surface area contributed by atoms with Crippen molar-refractivity contribution in [2.45, 2.75) is 6.92 Å². The van der Waals surface area contributed by atoms with Crippen molar-refractivity contribution in [1.29, 1.82) is 0 Å². The van der Waals surface area contributed by atoms with Gasteiger partial charge in [-0.1, -0.05) is 0 Å². The molecule has 1 aromatic rings. The van der Waals surface area contributed by atoms with Gasteiger partial charge in [0.15, 0.2) is 0 Å². The number of rotatable bonds is 3. The molecule has 0 aromatic carbocycles. The summed E-state index contributed by atoms with van der Waals surface area (Å²) in [5, 5.41) is 0. The molecule has 2 rings (SSSR count). The van der Waals surface area contributed by atoms with Crippen molar-refractivity contribution in [3.05, 3.63) is 9.77 Å². The van der Waals surface area contributed by atoms with Crippen molar-refractivity contribution in [2.75, 3.05) is 25.1 Å². The normalized spacial score (nSPS) is 15.8. The Kier molecular flexibility index (Phi) is 3.27. The monoisotopic (exact) mass is 333 g/mol. The zero-order chi connectivity index (χ0) is 11.7. The third-order valence-corrected chi connectivity index (χ3v) is 3.18. The van der Waals surface area contributed by atoms with Gasteiger partial charge in [0.25, 0.3) is 0 Å². The average Bonchev–Trinajstić information content (AvgIpc) is 2.13. The molecule has 16 heavy (non-hydrogen) atoms. The number of Topliss-reactive ketones (excluding diaryl/α,β-unsaturated/α-hetero) is 1. The number of hydrogen-bond acceptors (Lipinski definition) is 5. The first kappa shape index (κ1) is 11.6. The molecule has 0 spiro atoms. The highest BCUT2D eigenvalue weighted by Crippen LogP contribution is 2.25. The number of ketones is 1. The number of halogens is 1. The lowest BCUT2D eigenvalue weighted by Crippen LogP contribution is -2.50. The Labute approximate surface area is 107 Å². The highest BCUT2D eigenvalue weighted by Gasteiger charge is 2.31. The molecule has 5 nitrogen and oxygen atoms in total. The van der Waals surface area contributed by atoms with Gasteiger partial charge in [-0.15, -0.1) is 0 Å². The van der Waals surface area contributed by atoms with E-state index in [0.29, 0.717) is 6.01 Å². The number of carbonyl (C=O) groups excluding carboxylic acids is 1. The standard InChI is InChI=1S/C10H12IN3O2/c1-6(15)7-4-14(5-7)9-3-8(11)12-10(13-9)16-2/h3,7H,4-5H2,1-2H3. The summed E-state index contributed by atoms with van der Waals surface area (Å²) in [6.45, 7) is 3.11. The first-order chi connectivity index (χ1) is 7.60. The zero-order valence-electron chi connectivity index (χ0n) is 9.11. The molecule has 6 heteroatoms. The van der Waals surface area contributed by atoms with E-state index in [9.17, 15) is 4.79 Å². The van der Waals surface area contributed by atoms with Crippen molar-refractivity contribution in [3.63, 3.8) is 0 Å². The smallest absolute Gasteiger partial charge is 0.319 e. The fourth-order valence-corrected chi connectivity index (χ4v) is 2.05. The highest BCUT2D eigenvalue weighted by atomic mass is 127. The lowest BCUT2D eigenvalue weighted by molar-refractivity contribution is -0.121. The number of anilines is 1. The minimum absolute atomic E-state index is 0.152. The van der Waals surface area contributed by atoms with Gasteiger partial charge in [0, 0.05) is 19.2 Å². The number of methoxy groups -OCH3 is 1. The van der Waals surface area contributed by atoms with E-state index in [1.807, 2.05) is 6.07 Å². The summed E-state index contributed by atoms with van der Waals surface area (Å²) < 4.78 is 5.85. The Morgan fingerprint density at radius 1 is 1.56 bits per heavy atom. The van der Waals surface area contributed by atoms with E-state index in [1.54, 1.807) is 14.0 Å². The highest BCUT2D eigenvalue weighted by molar-refractivity contribution is 14.1. The summed E-state index contributed by atoms with van der Waals surface area (Å²) in [4.78, 5) is 21.5. The molecule has 1 fully saturated rings. The molecular formula is C10H12IN3O2. The molecule has 0 atom stereocenters. The maximum absolute atomic E-state index is 11.1. The molecule has 0 N–H and O–H groups in total. The van der Waals surface area contributed by atoms with E-state index < -0.39 is 0 Å². The van der Waals surface area contributed by atoms with Crippen molar-refractivity contribution >= 4 is 34.2 Å². The Hall–Kier alpha value is -0.920. The van der Waals surface area contributed by atoms with E-state index in [0.717, 1.165) is 22.6 Å². The van der Waals surface area contributed by atoms with Gasteiger partial charge in [0.2, 0.25) is 0 Å². The van der Waals surface area contributed by atoms with Crippen LogP contribution in [-0.4, -0.2) is 36.0 Å². The molecule has 1 aliphatic rings. The van der Waals surface area contributed by atoms with Crippen LogP contribution < -0.4 is 9.64 Å². The van der Waals surface area contributed by atoms with E-state index in [-0.39, 0.29) is 11.7 Å². The van der Waals surface area contributed by atoms with Crippen molar-refractivity contribution in [1.82, 2.24) is 9.97 Å². The second-order valence-corrected chi connectivity index (χ2v) is 4.85. The summed E-state index contributed by atoms with van der Waals surface area (Å²) in [5.41, 5.74) is 0.